The maximum absolute atomic E-state index is 13.5. The van der Waals surface area contributed by atoms with Gasteiger partial charge < -0.3 is 30.8 Å². The maximum Gasteiger partial charge on any atom is 0.295 e. The smallest absolute Gasteiger partial charge is 0.295 e. The van der Waals surface area contributed by atoms with Crippen LogP contribution in [0.3, 0.4) is 0 Å². The van der Waals surface area contributed by atoms with Gasteiger partial charge in [-0.1, -0.05) is 54.1 Å². The van der Waals surface area contributed by atoms with Gasteiger partial charge in [0.25, 0.3) is 11.7 Å². The number of carbonyl (C=O) groups excluding carboxylic acids is 2. The van der Waals surface area contributed by atoms with Gasteiger partial charge in [-0.25, -0.2) is 4.98 Å². The highest BCUT2D eigenvalue weighted by molar-refractivity contribution is 6.45. The summed E-state index contributed by atoms with van der Waals surface area (Å²) in [6.45, 7) is 0.807. The molecule has 1 fully saturated rings. The van der Waals surface area contributed by atoms with Crippen LogP contribution in [0.4, 0.5) is 5.82 Å². The first-order chi connectivity index (χ1) is 19.5. The lowest BCUT2D eigenvalue weighted by Gasteiger charge is -2.30. The van der Waals surface area contributed by atoms with E-state index in [-0.39, 0.29) is 12.2 Å². The van der Waals surface area contributed by atoms with Crippen LogP contribution < -0.4 is 15.8 Å². The molecule has 0 bridgehead atoms. The van der Waals surface area contributed by atoms with Gasteiger partial charge >= 0.3 is 0 Å². The molecule has 1 saturated heterocycles. The number of methoxy groups -OCH3 is 1. The molecular formula is C31H31N5O4. The van der Waals surface area contributed by atoms with Crippen molar-refractivity contribution in [2.24, 2.45) is 5.73 Å². The molecule has 0 unspecified atom stereocenters. The first-order valence-corrected chi connectivity index (χ1v) is 13.0. The number of aliphatic hydroxyl groups excluding tert-OH is 1. The quantitative estimate of drug-likeness (QED) is 0.195. The number of ether oxygens (including phenoxy) is 1. The molecule has 9 heteroatoms. The second kappa shape index (κ2) is 11.9. The summed E-state index contributed by atoms with van der Waals surface area (Å²) in [4.78, 5) is 35.9. The van der Waals surface area contributed by atoms with Crippen molar-refractivity contribution in [3.8, 4) is 5.75 Å². The van der Waals surface area contributed by atoms with Gasteiger partial charge in [-0.2, -0.15) is 0 Å². The van der Waals surface area contributed by atoms with Gasteiger partial charge in [0.05, 0.1) is 36.4 Å². The zero-order chi connectivity index (χ0) is 28.1. The Hall–Kier alpha value is -4.89. The number of hydrogen-bond acceptors (Lipinski definition) is 7. The zero-order valence-electron chi connectivity index (χ0n) is 22.2. The first kappa shape index (κ1) is 26.7. The lowest BCUT2D eigenvalue weighted by atomic mass is 9.87. The fourth-order valence-corrected chi connectivity index (χ4v) is 5.18. The average Bonchev–Trinajstić information content (AvgIpc) is 3.46. The van der Waals surface area contributed by atoms with Crippen LogP contribution >= 0.6 is 0 Å². The lowest BCUT2D eigenvalue weighted by Crippen LogP contribution is -2.40. The number of fused-ring (bicyclic) bond motifs is 1. The summed E-state index contributed by atoms with van der Waals surface area (Å²) in [6, 6.07) is 18.0. The Morgan fingerprint density at radius 2 is 1.88 bits per heavy atom. The number of anilines is 1. The Bertz CT molecular complexity index is 1600. The molecule has 1 aliphatic heterocycles. The van der Waals surface area contributed by atoms with E-state index >= 15 is 0 Å². The number of carbonyl (C=O) groups is 2. The van der Waals surface area contributed by atoms with Crippen LogP contribution in [0.5, 0.6) is 5.75 Å². The molecule has 0 radical (unpaired) electrons. The largest absolute Gasteiger partial charge is 0.494 e. The predicted molar refractivity (Wildman–Crippen MR) is 155 cm³/mol. The molecule has 5 rings (SSSR count). The summed E-state index contributed by atoms with van der Waals surface area (Å²) in [7, 11) is 1.49. The molecule has 204 valence electrons. The number of benzene rings is 2. The van der Waals surface area contributed by atoms with E-state index in [4.69, 9.17) is 10.5 Å². The third-order valence-corrected chi connectivity index (χ3v) is 7.12. The summed E-state index contributed by atoms with van der Waals surface area (Å²) in [5.41, 5.74) is 11.5. The highest BCUT2D eigenvalue weighted by Gasteiger charge is 2.30. The third-order valence-electron chi connectivity index (χ3n) is 7.12. The molecule has 0 saturated carbocycles. The minimum atomic E-state index is -0.609. The van der Waals surface area contributed by atoms with Crippen molar-refractivity contribution < 1.29 is 19.4 Å². The van der Waals surface area contributed by atoms with Crippen LogP contribution in [0, 0.1) is 0 Å². The number of nitrogens with one attached hydrogen (secondary N) is 2. The Kier molecular flexibility index (Phi) is 7.93. The number of amides is 1. The zero-order valence-corrected chi connectivity index (χ0v) is 22.2. The SMILES string of the molecule is COc1cnc(N/C=C\N)c2[nH]cc(C(=O)C(=O)N3CCC(=C(c4ccccc4)c4cccc(CO)c4)CC3)c12. The van der Waals surface area contributed by atoms with Crippen LogP contribution in [0.2, 0.25) is 0 Å². The molecule has 2 aromatic carbocycles. The molecule has 4 aromatic rings. The van der Waals surface area contributed by atoms with Gasteiger partial charge in [0, 0.05) is 31.7 Å². The number of nitrogens with zero attached hydrogens (tertiary/aromatic N) is 2. The van der Waals surface area contributed by atoms with Crippen molar-refractivity contribution in [2.45, 2.75) is 19.4 Å². The van der Waals surface area contributed by atoms with Crippen LogP contribution in [-0.4, -0.2) is 51.9 Å². The van der Waals surface area contributed by atoms with E-state index in [2.05, 4.69) is 27.4 Å². The van der Waals surface area contributed by atoms with Gasteiger partial charge in [0.15, 0.2) is 5.82 Å². The van der Waals surface area contributed by atoms with Gasteiger partial charge in [-0.15, -0.1) is 0 Å². The molecular weight excluding hydrogens is 506 g/mol. The number of pyridine rings is 1. The number of hydrogen-bond donors (Lipinski definition) is 4. The van der Waals surface area contributed by atoms with Crippen molar-refractivity contribution in [3.63, 3.8) is 0 Å². The molecule has 2 aromatic heterocycles. The fourth-order valence-electron chi connectivity index (χ4n) is 5.18. The standard InChI is InChI=1S/C31H31N5O4/c1-40-25-18-35-30(33-13-12-32)28-27(25)24(17-34-28)29(38)31(39)36-14-10-22(11-15-36)26(21-7-3-2-4-8-21)23-9-5-6-20(16-23)19-37/h2-9,12-13,16-18,34,37H,10-11,14-15,19,32H2,1H3,(H,33,35)/b13-12-. The van der Waals surface area contributed by atoms with Crippen LogP contribution in [0.1, 0.15) is 39.9 Å². The number of Topliss-reactive ketones (excluding diaryl/α,β-unsaturated/α-hetero) is 1. The molecule has 0 atom stereocenters. The first-order valence-electron chi connectivity index (χ1n) is 13.0. The molecule has 0 spiro atoms. The monoisotopic (exact) mass is 537 g/mol. The molecule has 9 nitrogen and oxygen atoms in total. The van der Waals surface area contributed by atoms with E-state index in [1.54, 1.807) is 4.90 Å². The molecule has 1 amide bonds. The third kappa shape index (κ3) is 5.19. The van der Waals surface area contributed by atoms with Crippen molar-refractivity contribution in [1.29, 1.82) is 0 Å². The highest BCUT2D eigenvalue weighted by atomic mass is 16.5. The molecule has 1 aliphatic rings. The number of aliphatic hydroxyl groups is 1. The van der Waals surface area contributed by atoms with Crippen molar-refractivity contribution in [2.75, 3.05) is 25.5 Å². The van der Waals surface area contributed by atoms with E-state index in [9.17, 15) is 14.7 Å². The second-order valence-corrected chi connectivity index (χ2v) is 9.46. The highest BCUT2D eigenvalue weighted by Crippen LogP contribution is 2.35. The van der Waals surface area contributed by atoms with Crippen LogP contribution in [-0.2, 0) is 11.4 Å². The summed E-state index contributed by atoms with van der Waals surface area (Å²) in [5.74, 6) is -0.326. The summed E-state index contributed by atoms with van der Waals surface area (Å²) in [5, 5.41) is 13.1. The van der Waals surface area contributed by atoms with Gasteiger partial charge in [-0.05, 0) is 41.2 Å². The second-order valence-electron chi connectivity index (χ2n) is 9.46. The molecule has 0 aliphatic carbocycles. The van der Waals surface area contributed by atoms with Gasteiger partial charge in [-0.3, -0.25) is 9.59 Å². The minimum Gasteiger partial charge on any atom is -0.494 e. The van der Waals surface area contributed by atoms with Crippen LogP contribution in [0.15, 0.2) is 85.0 Å². The van der Waals surface area contributed by atoms with E-state index in [1.165, 1.54) is 37.5 Å². The number of aromatic nitrogens is 2. The summed E-state index contributed by atoms with van der Waals surface area (Å²) >= 11 is 0. The number of rotatable bonds is 8. The molecule has 40 heavy (non-hydrogen) atoms. The van der Waals surface area contributed by atoms with Crippen molar-refractivity contribution >= 4 is 34.0 Å². The number of likely N-dealkylation sites (tertiary alicyclic amines) is 1. The number of aromatic amines is 1. The molecule has 3 heterocycles. The Morgan fingerprint density at radius 1 is 1.12 bits per heavy atom. The lowest BCUT2D eigenvalue weighted by molar-refractivity contribution is -0.126. The normalized spacial score (nSPS) is 13.6. The van der Waals surface area contributed by atoms with E-state index < -0.39 is 11.7 Å². The van der Waals surface area contributed by atoms with Crippen molar-refractivity contribution in [1.82, 2.24) is 14.9 Å². The van der Waals surface area contributed by atoms with Crippen LogP contribution in [0.25, 0.3) is 16.5 Å². The molecule has 5 N–H and O–H groups in total. The number of piperidine rings is 1. The Labute approximate surface area is 232 Å². The van der Waals surface area contributed by atoms with E-state index in [0.717, 1.165) is 22.3 Å². The van der Waals surface area contributed by atoms with Crippen molar-refractivity contribution in [3.05, 3.63) is 107 Å². The minimum absolute atomic E-state index is 0.0361. The van der Waals surface area contributed by atoms with E-state index in [1.807, 2.05) is 42.5 Å². The average molecular weight is 538 g/mol. The fraction of sp³-hybridized carbons (Fsp3) is 0.194. The number of ketones is 1. The summed E-state index contributed by atoms with van der Waals surface area (Å²) in [6.07, 6.45) is 7.13. The Balaban J connectivity index is 1.41. The maximum atomic E-state index is 13.5. The Morgan fingerprint density at radius 3 is 2.58 bits per heavy atom. The predicted octanol–water partition coefficient (Wildman–Crippen LogP) is 4.21. The summed E-state index contributed by atoms with van der Waals surface area (Å²) < 4.78 is 5.45. The number of nitrogens with two attached hydrogens (primary N) is 1. The number of H-pyrrole nitrogens is 1. The van der Waals surface area contributed by atoms with Gasteiger partial charge in [0.1, 0.15) is 5.75 Å². The van der Waals surface area contributed by atoms with Gasteiger partial charge in [0.2, 0.25) is 0 Å². The topological polar surface area (TPSA) is 134 Å². The van der Waals surface area contributed by atoms with E-state index in [0.29, 0.717) is 48.4 Å².